The molecule has 24 heavy (non-hydrogen) atoms. The van der Waals surface area contributed by atoms with E-state index in [0.717, 1.165) is 51.1 Å². The van der Waals surface area contributed by atoms with E-state index >= 15 is 0 Å². The first-order valence-electron chi connectivity index (χ1n) is 8.73. The van der Waals surface area contributed by atoms with Crippen molar-refractivity contribution in [1.82, 2.24) is 9.88 Å². The number of thiazole rings is 1. The van der Waals surface area contributed by atoms with Gasteiger partial charge < -0.3 is 9.80 Å². The average Bonchev–Trinajstić information content (AvgIpc) is 3.27. The molecule has 0 aliphatic carbocycles. The van der Waals surface area contributed by atoms with Gasteiger partial charge >= 0.3 is 0 Å². The summed E-state index contributed by atoms with van der Waals surface area (Å²) in [4.78, 5) is 22.1. The zero-order chi connectivity index (χ0) is 16.5. The summed E-state index contributed by atoms with van der Waals surface area (Å²) in [7, 11) is 0. The van der Waals surface area contributed by atoms with Crippen LogP contribution in [0.4, 0.5) is 5.69 Å². The number of fused-ring (bicyclic) bond motifs is 1. The molecule has 0 bridgehead atoms. The number of hydrogen-bond acceptors (Lipinski definition) is 4. The second-order valence-electron chi connectivity index (χ2n) is 6.77. The van der Waals surface area contributed by atoms with Crippen LogP contribution < -0.4 is 4.90 Å². The molecular formula is C19H23N3OS. The molecule has 1 aromatic carbocycles. The lowest BCUT2D eigenvalue weighted by Gasteiger charge is -2.21. The number of carbonyl (C=O) groups excluding carboxylic acids is 1. The summed E-state index contributed by atoms with van der Waals surface area (Å²) < 4.78 is 0. The topological polar surface area (TPSA) is 36.4 Å². The van der Waals surface area contributed by atoms with E-state index in [1.54, 1.807) is 11.3 Å². The molecule has 0 saturated carbocycles. The Kier molecular flexibility index (Phi) is 4.27. The molecule has 1 unspecified atom stereocenters. The van der Waals surface area contributed by atoms with Crippen LogP contribution in [0.25, 0.3) is 0 Å². The van der Waals surface area contributed by atoms with E-state index < -0.39 is 0 Å². The fourth-order valence-corrected chi connectivity index (χ4v) is 4.68. The van der Waals surface area contributed by atoms with Crippen LogP contribution >= 0.6 is 11.3 Å². The molecule has 5 heteroatoms. The highest BCUT2D eigenvalue weighted by Crippen LogP contribution is 2.39. The van der Waals surface area contributed by atoms with Gasteiger partial charge in [0.2, 0.25) is 5.91 Å². The van der Waals surface area contributed by atoms with Gasteiger partial charge in [0.15, 0.2) is 0 Å². The minimum absolute atomic E-state index is 0.332. The van der Waals surface area contributed by atoms with Crippen LogP contribution in [0.3, 0.4) is 0 Å². The number of hydrogen-bond donors (Lipinski definition) is 0. The number of benzene rings is 1. The predicted molar refractivity (Wildman–Crippen MR) is 97.5 cm³/mol. The molecule has 1 saturated heterocycles. The summed E-state index contributed by atoms with van der Waals surface area (Å²) in [5, 5.41) is 0. The van der Waals surface area contributed by atoms with Crippen molar-refractivity contribution in [3.8, 4) is 0 Å². The summed E-state index contributed by atoms with van der Waals surface area (Å²) in [5.41, 5.74) is 5.86. The van der Waals surface area contributed by atoms with Crippen molar-refractivity contribution in [3.63, 3.8) is 0 Å². The van der Waals surface area contributed by atoms with Crippen molar-refractivity contribution < 1.29 is 4.79 Å². The van der Waals surface area contributed by atoms with E-state index in [1.165, 1.54) is 16.1 Å². The van der Waals surface area contributed by atoms with Crippen molar-refractivity contribution in [2.24, 2.45) is 0 Å². The molecule has 1 amide bonds. The van der Waals surface area contributed by atoms with Crippen LogP contribution in [0.5, 0.6) is 0 Å². The summed E-state index contributed by atoms with van der Waals surface area (Å²) in [5.74, 6) is 0.848. The first kappa shape index (κ1) is 15.6. The van der Waals surface area contributed by atoms with Gasteiger partial charge in [-0.15, -0.1) is 11.3 Å². The molecule has 0 N–H and O–H groups in total. The lowest BCUT2D eigenvalue weighted by molar-refractivity contribution is -0.127. The molecule has 4 nitrogen and oxygen atoms in total. The van der Waals surface area contributed by atoms with Crippen LogP contribution in [-0.4, -0.2) is 35.4 Å². The number of anilines is 1. The summed E-state index contributed by atoms with van der Waals surface area (Å²) in [6, 6.07) is 8.74. The van der Waals surface area contributed by atoms with Gasteiger partial charge in [0.1, 0.15) is 0 Å². The van der Waals surface area contributed by atoms with Gasteiger partial charge in [0.25, 0.3) is 0 Å². The van der Waals surface area contributed by atoms with Crippen LogP contribution in [-0.2, 0) is 11.3 Å². The summed E-state index contributed by atoms with van der Waals surface area (Å²) in [6.07, 6.45) is 2.82. The summed E-state index contributed by atoms with van der Waals surface area (Å²) in [6.45, 7) is 5.90. The van der Waals surface area contributed by atoms with Crippen LogP contribution in [0.1, 0.15) is 41.3 Å². The number of amides is 1. The van der Waals surface area contributed by atoms with E-state index in [4.69, 9.17) is 0 Å². The molecule has 1 fully saturated rings. The van der Waals surface area contributed by atoms with Gasteiger partial charge in [0.05, 0.1) is 17.7 Å². The maximum Gasteiger partial charge on any atom is 0.222 e. The molecule has 1 aromatic heterocycles. The maximum absolute atomic E-state index is 11.8. The van der Waals surface area contributed by atoms with Crippen LogP contribution in [0.15, 0.2) is 29.8 Å². The van der Waals surface area contributed by atoms with Gasteiger partial charge in [-0.3, -0.25) is 4.79 Å². The first-order valence-corrected chi connectivity index (χ1v) is 9.61. The Hall–Kier alpha value is -1.88. The standard InChI is InChI=1S/C19H23N3OS/c1-14-18(24-13-20-14)12-22-11-15(16-5-2-3-6-17(16)22)8-10-21-9-4-7-19(21)23/h2-3,5-6,13,15H,4,7-12H2,1H3. The lowest BCUT2D eigenvalue weighted by Crippen LogP contribution is -2.28. The molecule has 2 aliphatic rings. The monoisotopic (exact) mass is 341 g/mol. The molecule has 1 atom stereocenters. The second kappa shape index (κ2) is 6.55. The zero-order valence-corrected chi connectivity index (χ0v) is 14.9. The molecular weight excluding hydrogens is 318 g/mol. The predicted octanol–water partition coefficient (Wildman–Crippen LogP) is 3.57. The third-order valence-electron chi connectivity index (χ3n) is 5.26. The van der Waals surface area contributed by atoms with E-state index in [2.05, 4.69) is 41.1 Å². The van der Waals surface area contributed by atoms with Gasteiger partial charge in [-0.05, 0) is 31.4 Å². The SMILES string of the molecule is Cc1ncsc1CN1CC(CCN2CCCC2=O)c2ccccc21. The molecule has 2 aromatic rings. The van der Waals surface area contributed by atoms with E-state index in [1.807, 2.05) is 10.4 Å². The fraction of sp³-hybridized carbons (Fsp3) is 0.474. The number of aromatic nitrogens is 1. The number of carbonyl (C=O) groups is 1. The molecule has 2 aliphatic heterocycles. The molecule has 126 valence electrons. The van der Waals surface area contributed by atoms with Crippen LogP contribution in [0, 0.1) is 6.92 Å². The molecule has 0 spiro atoms. The van der Waals surface area contributed by atoms with Crippen molar-refractivity contribution in [2.45, 2.75) is 38.6 Å². The number of likely N-dealkylation sites (tertiary alicyclic amines) is 1. The second-order valence-corrected chi connectivity index (χ2v) is 7.71. The van der Waals surface area contributed by atoms with Gasteiger partial charge in [0, 0.05) is 42.5 Å². The number of aryl methyl sites for hydroxylation is 1. The molecule has 4 rings (SSSR count). The molecule has 3 heterocycles. The lowest BCUT2D eigenvalue weighted by atomic mass is 9.98. The maximum atomic E-state index is 11.8. The largest absolute Gasteiger partial charge is 0.365 e. The van der Waals surface area contributed by atoms with Crippen molar-refractivity contribution in [2.75, 3.05) is 24.5 Å². The minimum Gasteiger partial charge on any atom is -0.365 e. The van der Waals surface area contributed by atoms with Gasteiger partial charge in [-0.1, -0.05) is 18.2 Å². The Morgan fingerprint density at radius 3 is 2.92 bits per heavy atom. The first-order chi connectivity index (χ1) is 11.7. The van der Waals surface area contributed by atoms with Crippen molar-refractivity contribution in [3.05, 3.63) is 45.9 Å². The quantitative estimate of drug-likeness (QED) is 0.834. The number of nitrogens with zero attached hydrogens (tertiary/aromatic N) is 3. The Balaban J connectivity index is 1.48. The van der Waals surface area contributed by atoms with E-state index in [9.17, 15) is 4.79 Å². The fourth-order valence-electron chi connectivity index (χ4n) is 3.88. The van der Waals surface area contributed by atoms with Gasteiger partial charge in [-0.2, -0.15) is 0 Å². The highest BCUT2D eigenvalue weighted by molar-refractivity contribution is 7.09. The van der Waals surface area contributed by atoms with Crippen molar-refractivity contribution in [1.29, 1.82) is 0 Å². The third kappa shape index (κ3) is 2.93. The number of rotatable bonds is 5. The number of para-hydroxylation sites is 1. The normalized spacial score (nSPS) is 20.0. The Morgan fingerprint density at radius 2 is 2.17 bits per heavy atom. The Labute approximate surface area is 147 Å². The smallest absolute Gasteiger partial charge is 0.222 e. The van der Waals surface area contributed by atoms with E-state index in [0.29, 0.717) is 11.8 Å². The summed E-state index contributed by atoms with van der Waals surface area (Å²) >= 11 is 1.74. The zero-order valence-electron chi connectivity index (χ0n) is 14.1. The minimum atomic E-state index is 0.332. The van der Waals surface area contributed by atoms with E-state index in [-0.39, 0.29) is 0 Å². The van der Waals surface area contributed by atoms with Crippen molar-refractivity contribution >= 4 is 22.9 Å². The van der Waals surface area contributed by atoms with Crippen LogP contribution in [0.2, 0.25) is 0 Å². The highest BCUT2D eigenvalue weighted by Gasteiger charge is 2.30. The third-order valence-corrected chi connectivity index (χ3v) is 6.18. The Bertz CT molecular complexity index is 742. The van der Waals surface area contributed by atoms with Gasteiger partial charge in [-0.25, -0.2) is 4.98 Å². The Morgan fingerprint density at radius 1 is 1.29 bits per heavy atom. The highest BCUT2D eigenvalue weighted by atomic mass is 32.1. The average molecular weight is 341 g/mol. The molecule has 0 radical (unpaired) electrons.